The van der Waals surface area contributed by atoms with E-state index >= 15 is 0 Å². The normalized spacial score (nSPS) is 49.1. The van der Waals surface area contributed by atoms with Crippen molar-refractivity contribution in [2.24, 2.45) is 23.7 Å². The summed E-state index contributed by atoms with van der Waals surface area (Å²) in [5.74, 6) is 3.27. The van der Waals surface area contributed by atoms with Gasteiger partial charge in [-0.15, -0.1) is 0 Å². The summed E-state index contributed by atoms with van der Waals surface area (Å²) in [5.41, 5.74) is 0. The van der Waals surface area contributed by atoms with Gasteiger partial charge in [-0.25, -0.2) is 0 Å². The molecule has 0 heterocycles. The van der Waals surface area contributed by atoms with E-state index in [1.54, 1.807) is 0 Å². The number of aliphatic hydroxyl groups excluding tert-OH is 1. The van der Waals surface area contributed by atoms with Crippen molar-refractivity contribution >= 4 is 0 Å². The van der Waals surface area contributed by atoms with Gasteiger partial charge in [0.1, 0.15) is 0 Å². The van der Waals surface area contributed by atoms with Crippen LogP contribution in [0.2, 0.25) is 0 Å². The number of hydrogen-bond acceptors (Lipinski definition) is 1. The van der Waals surface area contributed by atoms with Gasteiger partial charge in [0.2, 0.25) is 0 Å². The minimum absolute atomic E-state index is 0.0509. The van der Waals surface area contributed by atoms with Gasteiger partial charge in [-0.1, -0.05) is 13.8 Å². The molecular weight excluding hydrogens is 136 g/mol. The summed E-state index contributed by atoms with van der Waals surface area (Å²) in [6.45, 7) is 4.63. The summed E-state index contributed by atoms with van der Waals surface area (Å²) < 4.78 is 0. The summed E-state index contributed by atoms with van der Waals surface area (Å²) in [5, 5.41) is 9.52. The highest BCUT2D eigenvalue weighted by atomic mass is 16.3. The molecule has 2 aliphatic rings. The van der Waals surface area contributed by atoms with E-state index in [9.17, 15) is 5.11 Å². The SMILES string of the molecule is CC(C)[C@H]1C[C@H]2C[C@@H]1C[C@@H]2O. The van der Waals surface area contributed by atoms with Crippen molar-refractivity contribution in [2.45, 2.75) is 39.2 Å². The van der Waals surface area contributed by atoms with Crippen LogP contribution in [-0.2, 0) is 0 Å². The fourth-order valence-corrected chi connectivity index (χ4v) is 3.11. The van der Waals surface area contributed by atoms with E-state index in [-0.39, 0.29) is 6.10 Å². The molecule has 1 heteroatoms. The molecule has 2 fully saturated rings. The molecular formula is C10H18O. The Morgan fingerprint density at radius 2 is 1.82 bits per heavy atom. The monoisotopic (exact) mass is 154 g/mol. The van der Waals surface area contributed by atoms with Crippen LogP contribution in [0.4, 0.5) is 0 Å². The lowest BCUT2D eigenvalue weighted by molar-refractivity contribution is 0.0843. The molecule has 11 heavy (non-hydrogen) atoms. The molecule has 0 unspecified atom stereocenters. The number of hydrogen-bond donors (Lipinski definition) is 1. The number of rotatable bonds is 1. The van der Waals surface area contributed by atoms with Crippen LogP contribution in [0, 0.1) is 23.7 Å². The zero-order chi connectivity index (χ0) is 8.01. The Bertz CT molecular complexity index is 151. The molecule has 0 saturated heterocycles. The molecule has 0 radical (unpaired) electrons. The van der Waals surface area contributed by atoms with Gasteiger partial charge < -0.3 is 5.11 Å². The highest BCUT2D eigenvalue weighted by molar-refractivity contribution is 4.95. The third kappa shape index (κ3) is 1.10. The molecule has 0 aliphatic heterocycles. The quantitative estimate of drug-likeness (QED) is 0.613. The van der Waals surface area contributed by atoms with E-state index in [0.29, 0.717) is 5.92 Å². The Morgan fingerprint density at radius 3 is 2.18 bits per heavy atom. The van der Waals surface area contributed by atoms with E-state index in [0.717, 1.165) is 24.2 Å². The molecule has 2 saturated carbocycles. The summed E-state index contributed by atoms with van der Waals surface area (Å²) in [7, 11) is 0. The van der Waals surface area contributed by atoms with E-state index in [1.165, 1.54) is 12.8 Å². The first-order chi connectivity index (χ1) is 5.18. The summed E-state index contributed by atoms with van der Waals surface area (Å²) in [6, 6.07) is 0. The van der Waals surface area contributed by atoms with Crippen LogP contribution in [0.15, 0.2) is 0 Å². The third-order valence-electron chi connectivity index (χ3n) is 3.73. The second-order valence-electron chi connectivity index (χ2n) is 4.70. The van der Waals surface area contributed by atoms with Crippen molar-refractivity contribution in [2.75, 3.05) is 0 Å². The van der Waals surface area contributed by atoms with Gasteiger partial charge in [-0.05, 0) is 42.9 Å². The molecule has 2 aliphatic carbocycles. The molecule has 1 nitrogen and oxygen atoms in total. The fraction of sp³-hybridized carbons (Fsp3) is 1.00. The number of aliphatic hydroxyl groups is 1. The van der Waals surface area contributed by atoms with Gasteiger partial charge in [0.25, 0.3) is 0 Å². The van der Waals surface area contributed by atoms with Crippen LogP contribution < -0.4 is 0 Å². The molecule has 4 atom stereocenters. The summed E-state index contributed by atoms with van der Waals surface area (Å²) in [6.07, 6.45) is 3.75. The van der Waals surface area contributed by atoms with Crippen molar-refractivity contribution in [1.82, 2.24) is 0 Å². The zero-order valence-electron chi connectivity index (χ0n) is 7.46. The molecule has 0 amide bonds. The summed E-state index contributed by atoms with van der Waals surface area (Å²) >= 11 is 0. The zero-order valence-corrected chi connectivity index (χ0v) is 7.46. The fourth-order valence-electron chi connectivity index (χ4n) is 3.11. The largest absolute Gasteiger partial charge is 0.393 e. The Labute approximate surface area is 68.8 Å². The molecule has 2 rings (SSSR count). The van der Waals surface area contributed by atoms with Crippen molar-refractivity contribution in [3.05, 3.63) is 0 Å². The predicted octanol–water partition coefficient (Wildman–Crippen LogP) is 2.05. The topological polar surface area (TPSA) is 20.2 Å². The van der Waals surface area contributed by atoms with Crippen LogP contribution in [0.1, 0.15) is 33.1 Å². The Morgan fingerprint density at radius 1 is 1.09 bits per heavy atom. The second-order valence-corrected chi connectivity index (χ2v) is 4.70. The first-order valence-corrected chi connectivity index (χ1v) is 4.86. The van der Waals surface area contributed by atoms with E-state index < -0.39 is 0 Å². The van der Waals surface area contributed by atoms with Crippen molar-refractivity contribution < 1.29 is 5.11 Å². The Hall–Kier alpha value is -0.0400. The minimum Gasteiger partial charge on any atom is -0.393 e. The maximum atomic E-state index is 9.52. The van der Waals surface area contributed by atoms with Gasteiger partial charge >= 0.3 is 0 Å². The molecule has 2 bridgehead atoms. The second kappa shape index (κ2) is 2.48. The maximum Gasteiger partial charge on any atom is 0.0571 e. The smallest absolute Gasteiger partial charge is 0.0571 e. The van der Waals surface area contributed by atoms with Gasteiger partial charge in [-0.2, -0.15) is 0 Å². The van der Waals surface area contributed by atoms with E-state index in [2.05, 4.69) is 13.8 Å². The predicted molar refractivity (Wildman–Crippen MR) is 45.2 cm³/mol. The summed E-state index contributed by atoms with van der Waals surface area (Å²) in [4.78, 5) is 0. The van der Waals surface area contributed by atoms with Gasteiger partial charge in [0.05, 0.1) is 6.10 Å². The molecule has 0 spiro atoms. The van der Waals surface area contributed by atoms with Crippen molar-refractivity contribution in [3.8, 4) is 0 Å². The lowest BCUT2D eigenvalue weighted by Gasteiger charge is -2.27. The van der Waals surface area contributed by atoms with Gasteiger partial charge in [0.15, 0.2) is 0 Å². The average molecular weight is 154 g/mol. The number of fused-ring (bicyclic) bond motifs is 2. The molecule has 0 aromatic carbocycles. The molecule has 1 N–H and O–H groups in total. The standard InChI is InChI=1S/C10H18O/c1-6(2)9-4-8-3-7(9)5-10(8)11/h6-11H,3-5H2,1-2H3/t7-,8-,9-,10+/m1/s1. The van der Waals surface area contributed by atoms with E-state index in [1.807, 2.05) is 0 Å². The first-order valence-electron chi connectivity index (χ1n) is 4.86. The molecule has 0 aromatic rings. The molecule has 0 aromatic heterocycles. The highest BCUT2D eigenvalue weighted by Crippen LogP contribution is 2.50. The first kappa shape index (κ1) is 7.60. The molecule has 64 valence electrons. The Kier molecular flexibility index (Phi) is 1.71. The van der Waals surface area contributed by atoms with Crippen LogP contribution in [0.5, 0.6) is 0 Å². The van der Waals surface area contributed by atoms with Crippen LogP contribution in [0.25, 0.3) is 0 Å². The average Bonchev–Trinajstić information content (AvgIpc) is 2.43. The van der Waals surface area contributed by atoms with Gasteiger partial charge in [-0.3, -0.25) is 0 Å². The van der Waals surface area contributed by atoms with Crippen molar-refractivity contribution in [1.29, 1.82) is 0 Å². The highest BCUT2D eigenvalue weighted by Gasteiger charge is 2.45. The van der Waals surface area contributed by atoms with Crippen LogP contribution >= 0.6 is 0 Å². The lowest BCUT2D eigenvalue weighted by atomic mass is 9.80. The maximum absolute atomic E-state index is 9.52. The third-order valence-corrected chi connectivity index (χ3v) is 3.73. The lowest BCUT2D eigenvalue weighted by Crippen LogP contribution is -2.24. The van der Waals surface area contributed by atoms with Crippen LogP contribution in [-0.4, -0.2) is 11.2 Å². The van der Waals surface area contributed by atoms with Crippen molar-refractivity contribution in [3.63, 3.8) is 0 Å². The van der Waals surface area contributed by atoms with Gasteiger partial charge in [0, 0.05) is 0 Å². The minimum atomic E-state index is 0.0509. The van der Waals surface area contributed by atoms with Crippen LogP contribution in [0.3, 0.4) is 0 Å². The van der Waals surface area contributed by atoms with E-state index in [4.69, 9.17) is 0 Å². The Balaban J connectivity index is 2.02.